The number of anilines is 3. The van der Waals surface area contributed by atoms with Gasteiger partial charge in [0.05, 0.1) is 11.1 Å². The van der Waals surface area contributed by atoms with Gasteiger partial charge in [-0.15, -0.1) is 0 Å². The smallest absolute Gasteiger partial charge is 0.137 e. The minimum Gasteiger partial charge on any atom is -0.456 e. The summed E-state index contributed by atoms with van der Waals surface area (Å²) >= 11 is 0. The first kappa shape index (κ1) is 31.4. The molecule has 0 bridgehead atoms. The van der Waals surface area contributed by atoms with Crippen molar-refractivity contribution in [3.05, 3.63) is 235 Å². The quantitative estimate of drug-likeness (QED) is 0.172. The highest BCUT2D eigenvalue weighted by Crippen LogP contribution is 2.61. The van der Waals surface area contributed by atoms with Gasteiger partial charge in [0.2, 0.25) is 0 Å². The first-order valence-electron chi connectivity index (χ1n) is 18.9. The lowest BCUT2D eigenvalue weighted by Gasteiger charge is -2.35. The van der Waals surface area contributed by atoms with Crippen LogP contribution in [0.15, 0.2) is 217 Å². The van der Waals surface area contributed by atoms with E-state index in [0.717, 1.165) is 39.0 Å². The maximum atomic E-state index is 6.53. The molecule has 9 aromatic carbocycles. The molecule has 0 N–H and O–H groups in total. The molecular formula is C53H35NO. The summed E-state index contributed by atoms with van der Waals surface area (Å²) in [5.74, 6) is 0. The van der Waals surface area contributed by atoms with Crippen LogP contribution in [0, 0.1) is 0 Å². The SMILES string of the molecule is c1ccc(-c2ccc(N(c3ccc4c(c3)oc3ccccc34)c3cc4ccccc4c4c3-c3ccccc3C4(c3ccccc3)c3ccccc3)cc2)cc1. The largest absolute Gasteiger partial charge is 0.456 e. The Kier molecular flexibility index (Phi) is 7.11. The molecule has 0 saturated heterocycles. The molecule has 10 aromatic rings. The zero-order valence-electron chi connectivity index (χ0n) is 30.1. The van der Waals surface area contributed by atoms with E-state index >= 15 is 0 Å². The fourth-order valence-electron chi connectivity index (χ4n) is 9.19. The van der Waals surface area contributed by atoms with Crippen molar-refractivity contribution < 1.29 is 4.42 Å². The molecule has 2 nitrogen and oxygen atoms in total. The molecule has 55 heavy (non-hydrogen) atoms. The Bertz CT molecular complexity index is 2980. The highest BCUT2D eigenvalue weighted by atomic mass is 16.3. The summed E-state index contributed by atoms with van der Waals surface area (Å²) in [6.45, 7) is 0. The van der Waals surface area contributed by atoms with Gasteiger partial charge in [0, 0.05) is 33.8 Å². The van der Waals surface area contributed by atoms with Crippen LogP contribution < -0.4 is 4.90 Å². The third-order valence-corrected chi connectivity index (χ3v) is 11.5. The summed E-state index contributed by atoms with van der Waals surface area (Å²) in [6, 6.07) is 77.1. The third-order valence-electron chi connectivity index (χ3n) is 11.5. The number of hydrogen-bond donors (Lipinski definition) is 0. The van der Waals surface area contributed by atoms with Crippen molar-refractivity contribution in [3.63, 3.8) is 0 Å². The Morgan fingerprint density at radius 2 is 0.964 bits per heavy atom. The minimum absolute atomic E-state index is 0.560. The number of rotatable bonds is 6. The molecule has 0 amide bonds. The lowest BCUT2D eigenvalue weighted by molar-refractivity contribution is 0.669. The van der Waals surface area contributed by atoms with Crippen LogP contribution in [0.25, 0.3) is 55.0 Å². The van der Waals surface area contributed by atoms with Gasteiger partial charge in [0.1, 0.15) is 11.2 Å². The Labute approximate surface area is 320 Å². The van der Waals surface area contributed by atoms with E-state index in [4.69, 9.17) is 4.42 Å². The molecule has 1 aliphatic carbocycles. The van der Waals surface area contributed by atoms with Crippen LogP contribution in [0.3, 0.4) is 0 Å². The van der Waals surface area contributed by atoms with E-state index in [-0.39, 0.29) is 0 Å². The summed E-state index contributed by atoms with van der Waals surface area (Å²) < 4.78 is 6.53. The second kappa shape index (κ2) is 12.5. The van der Waals surface area contributed by atoms with Crippen molar-refractivity contribution >= 4 is 49.8 Å². The molecule has 0 fully saturated rings. The monoisotopic (exact) mass is 701 g/mol. The Morgan fingerprint density at radius 1 is 0.400 bits per heavy atom. The molecule has 0 unspecified atom stereocenters. The molecule has 1 heterocycles. The van der Waals surface area contributed by atoms with Gasteiger partial charge in [-0.25, -0.2) is 0 Å². The Balaban J connectivity index is 1.26. The second-order valence-corrected chi connectivity index (χ2v) is 14.4. The summed E-state index contributed by atoms with van der Waals surface area (Å²) in [7, 11) is 0. The van der Waals surface area contributed by atoms with Gasteiger partial charge in [-0.2, -0.15) is 0 Å². The van der Waals surface area contributed by atoms with Crippen molar-refractivity contribution in [1.82, 2.24) is 0 Å². The fourth-order valence-corrected chi connectivity index (χ4v) is 9.19. The van der Waals surface area contributed by atoms with Crippen molar-refractivity contribution in [1.29, 1.82) is 0 Å². The summed E-state index contributed by atoms with van der Waals surface area (Å²) in [5.41, 5.74) is 14.4. The molecule has 1 aliphatic rings. The normalized spacial score (nSPS) is 12.9. The van der Waals surface area contributed by atoms with E-state index in [1.54, 1.807) is 0 Å². The molecule has 0 aliphatic heterocycles. The van der Waals surface area contributed by atoms with Crippen LogP contribution in [0.5, 0.6) is 0 Å². The van der Waals surface area contributed by atoms with E-state index < -0.39 is 5.41 Å². The van der Waals surface area contributed by atoms with Gasteiger partial charge in [0.25, 0.3) is 0 Å². The maximum Gasteiger partial charge on any atom is 0.137 e. The number of fused-ring (bicyclic) bond motifs is 8. The van der Waals surface area contributed by atoms with E-state index in [2.05, 4.69) is 211 Å². The summed E-state index contributed by atoms with van der Waals surface area (Å²) in [6.07, 6.45) is 0. The molecule has 0 atom stereocenters. The molecular weight excluding hydrogens is 667 g/mol. The zero-order chi connectivity index (χ0) is 36.3. The highest BCUT2D eigenvalue weighted by Gasteiger charge is 2.48. The van der Waals surface area contributed by atoms with E-state index in [1.807, 2.05) is 6.07 Å². The van der Waals surface area contributed by atoms with Crippen molar-refractivity contribution in [2.75, 3.05) is 4.90 Å². The lowest BCUT2D eigenvalue weighted by atomic mass is 9.66. The molecule has 2 heteroatoms. The molecule has 258 valence electrons. The van der Waals surface area contributed by atoms with E-state index in [1.165, 1.54) is 55.3 Å². The molecule has 0 spiro atoms. The van der Waals surface area contributed by atoms with Gasteiger partial charge in [-0.1, -0.05) is 170 Å². The van der Waals surface area contributed by atoms with E-state index in [9.17, 15) is 0 Å². The van der Waals surface area contributed by atoms with Crippen LogP contribution in [0.1, 0.15) is 22.3 Å². The van der Waals surface area contributed by atoms with Gasteiger partial charge < -0.3 is 9.32 Å². The first-order valence-corrected chi connectivity index (χ1v) is 18.9. The Hall–Kier alpha value is -7.16. The van der Waals surface area contributed by atoms with Crippen molar-refractivity contribution in [2.24, 2.45) is 0 Å². The van der Waals surface area contributed by atoms with E-state index in [0.29, 0.717) is 0 Å². The van der Waals surface area contributed by atoms with Gasteiger partial charge in [0.15, 0.2) is 0 Å². The van der Waals surface area contributed by atoms with Crippen LogP contribution >= 0.6 is 0 Å². The predicted octanol–water partition coefficient (Wildman–Crippen LogP) is 14.2. The number of para-hydroxylation sites is 1. The number of nitrogens with zero attached hydrogens (tertiary/aromatic N) is 1. The van der Waals surface area contributed by atoms with Crippen LogP contribution in [-0.2, 0) is 5.41 Å². The molecule has 1 aromatic heterocycles. The molecule has 0 radical (unpaired) electrons. The van der Waals surface area contributed by atoms with Gasteiger partial charge in [-0.3, -0.25) is 0 Å². The van der Waals surface area contributed by atoms with Crippen molar-refractivity contribution in [2.45, 2.75) is 5.41 Å². The third kappa shape index (κ3) is 4.75. The van der Waals surface area contributed by atoms with Crippen molar-refractivity contribution in [3.8, 4) is 22.3 Å². The fraction of sp³-hybridized carbons (Fsp3) is 0.0189. The average Bonchev–Trinajstić information content (AvgIpc) is 3.79. The number of furan rings is 1. The maximum absolute atomic E-state index is 6.53. The first-order chi connectivity index (χ1) is 27.3. The summed E-state index contributed by atoms with van der Waals surface area (Å²) in [5, 5.41) is 4.67. The molecule has 0 saturated carbocycles. The highest BCUT2D eigenvalue weighted by molar-refractivity contribution is 6.09. The predicted molar refractivity (Wildman–Crippen MR) is 229 cm³/mol. The number of hydrogen-bond acceptors (Lipinski definition) is 2. The number of benzene rings is 9. The zero-order valence-corrected chi connectivity index (χ0v) is 30.1. The van der Waals surface area contributed by atoms with Gasteiger partial charge in [-0.05, 0) is 86.1 Å². The van der Waals surface area contributed by atoms with Crippen LogP contribution in [-0.4, -0.2) is 0 Å². The topological polar surface area (TPSA) is 16.4 Å². The van der Waals surface area contributed by atoms with Gasteiger partial charge >= 0.3 is 0 Å². The Morgan fingerprint density at radius 3 is 1.71 bits per heavy atom. The molecule has 11 rings (SSSR count). The van der Waals surface area contributed by atoms with Crippen LogP contribution in [0.2, 0.25) is 0 Å². The lowest BCUT2D eigenvalue weighted by Crippen LogP contribution is -2.29. The second-order valence-electron chi connectivity index (χ2n) is 14.4. The minimum atomic E-state index is -0.560. The average molecular weight is 702 g/mol. The summed E-state index contributed by atoms with van der Waals surface area (Å²) in [4.78, 5) is 2.44. The van der Waals surface area contributed by atoms with Crippen LogP contribution in [0.4, 0.5) is 17.1 Å². The standard InChI is InChI=1S/C53H35NO/c1-4-16-36(17-5-1)37-28-30-41(31-29-37)54(42-32-33-45-44-24-13-15-27-49(44)55-50(45)35-42)48-34-38-18-10-11-23-43(38)52-51(48)46-25-12-14-26-47(46)53(52,39-19-6-2-7-20-39)40-21-8-3-9-22-40/h1-35H.